The maximum Gasteiger partial charge on any atom is 0.319 e. The van der Waals surface area contributed by atoms with E-state index in [9.17, 15) is 13.2 Å². The van der Waals surface area contributed by atoms with Crippen molar-refractivity contribution in [2.75, 3.05) is 30.5 Å². The highest BCUT2D eigenvalue weighted by molar-refractivity contribution is 7.91. The zero-order valence-electron chi connectivity index (χ0n) is 11.3. The highest BCUT2D eigenvalue weighted by atomic mass is 32.2. The lowest BCUT2D eigenvalue weighted by molar-refractivity contribution is 0.250. The van der Waals surface area contributed by atoms with Crippen LogP contribution in [-0.2, 0) is 9.84 Å². The normalized spacial score (nSPS) is 20.4. The molecule has 2 rings (SSSR count). The van der Waals surface area contributed by atoms with Gasteiger partial charge in [0.2, 0.25) is 0 Å². The molecule has 7 heteroatoms. The number of para-hydroxylation sites is 2. The van der Waals surface area contributed by atoms with Crippen molar-refractivity contribution in [2.45, 2.75) is 6.42 Å². The van der Waals surface area contributed by atoms with Gasteiger partial charge >= 0.3 is 6.03 Å². The lowest BCUT2D eigenvalue weighted by Crippen LogP contribution is -2.33. The summed E-state index contributed by atoms with van der Waals surface area (Å²) in [5, 5.41) is 5.37. The molecule has 0 bridgehead atoms. The van der Waals surface area contributed by atoms with Crippen LogP contribution in [-0.4, -0.2) is 39.6 Å². The van der Waals surface area contributed by atoms with Gasteiger partial charge < -0.3 is 15.4 Å². The third kappa shape index (κ3) is 3.86. The van der Waals surface area contributed by atoms with Gasteiger partial charge in [0, 0.05) is 6.54 Å². The van der Waals surface area contributed by atoms with Crippen molar-refractivity contribution < 1.29 is 17.9 Å². The second-order valence-electron chi connectivity index (χ2n) is 4.80. The average molecular weight is 298 g/mol. The summed E-state index contributed by atoms with van der Waals surface area (Å²) in [6.07, 6.45) is 0.608. The monoisotopic (exact) mass is 298 g/mol. The Morgan fingerprint density at radius 3 is 2.80 bits per heavy atom. The first-order valence-corrected chi connectivity index (χ1v) is 8.20. The number of anilines is 1. The highest BCUT2D eigenvalue weighted by Crippen LogP contribution is 2.23. The molecule has 1 aromatic carbocycles. The molecule has 6 nitrogen and oxygen atoms in total. The van der Waals surface area contributed by atoms with Gasteiger partial charge in [0.05, 0.1) is 24.3 Å². The van der Waals surface area contributed by atoms with Gasteiger partial charge in [-0.1, -0.05) is 12.1 Å². The molecule has 1 unspecified atom stereocenters. The van der Waals surface area contributed by atoms with E-state index in [0.29, 0.717) is 24.4 Å². The molecule has 2 N–H and O–H groups in total. The fourth-order valence-electron chi connectivity index (χ4n) is 2.18. The number of urea groups is 1. The number of benzene rings is 1. The molecule has 0 aliphatic carbocycles. The second-order valence-corrected chi connectivity index (χ2v) is 7.03. The van der Waals surface area contributed by atoms with Gasteiger partial charge in [0.15, 0.2) is 9.84 Å². The summed E-state index contributed by atoms with van der Waals surface area (Å²) in [5.74, 6) is 0.949. The standard InChI is InChI=1S/C13H18N2O4S/c1-19-12-5-3-2-4-11(12)15-13(16)14-8-10-6-7-20(17,18)9-10/h2-5,10H,6-9H2,1H3,(H2,14,15,16). The Labute approximate surface area is 118 Å². The first-order valence-electron chi connectivity index (χ1n) is 6.38. The summed E-state index contributed by atoms with van der Waals surface area (Å²) in [6.45, 7) is 0.361. The van der Waals surface area contributed by atoms with E-state index in [-0.39, 0.29) is 23.5 Å². The molecule has 0 aromatic heterocycles. The van der Waals surface area contributed by atoms with Crippen molar-refractivity contribution in [3.8, 4) is 5.75 Å². The minimum Gasteiger partial charge on any atom is -0.495 e. The Hall–Kier alpha value is -1.76. The quantitative estimate of drug-likeness (QED) is 0.876. The van der Waals surface area contributed by atoms with Crippen LogP contribution in [0, 0.1) is 5.92 Å². The molecule has 1 aliphatic heterocycles. The zero-order valence-corrected chi connectivity index (χ0v) is 12.1. The number of hydrogen-bond donors (Lipinski definition) is 2. The summed E-state index contributed by atoms with van der Waals surface area (Å²) in [5.41, 5.74) is 0.576. The summed E-state index contributed by atoms with van der Waals surface area (Å²) in [6, 6.07) is 6.73. The van der Waals surface area contributed by atoms with Gasteiger partial charge in [-0.2, -0.15) is 0 Å². The molecule has 110 valence electrons. The Kier molecular flexibility index (Phi) is 4.49. The molecular weight excluding hydrogens is 280 g/mol. The fourth-order valence-corrected chi connectivity index (χ4v) is 4.05. The van der Waals surface area contributed by atoms with Crippen molar-refractivity contribution >= 4 is 21.6 Å². The number of ether oxygens (including phenoxy) is 1. The number of nitrogens with one attached hydrogen (secondary N) is 2. The van der Waals surface area contributed by atoms with E-state index in [4.69, 9.17) is 4.74 Å². The predicted octanol–water partition coefficient (Wildman–Crippen LogP) is 1.25. The molecule has 1 heterocycles. The van der Waals surface area contributed by atoms with Gasteiger partial charge in [0.25, 0.3) is 0 Å². The predicted molar refractivity (Wildman–Crippen MR) is 76.8 cm³/mol. The van der Waals surface area contributed by atoms with Crippen molar-refractivity contribution in [2.24, 2.45) is 5.92 Å². The van der Waals surface area contributed by atoms with Crippen molar-refractivity contribution in [3.05, 3.63) is 24.3 Å². The fraction of sp³-hybridized carbons (Fsp3) is 0.462. The molecular formula is C13H18N2O4S. The van der Waals surface area contributed by atoms with E-state index in [2.05, 4.69) is 10.6 Å². The topological polar surface area (TPSA) is 84.5 Å². The molecule has 1 fully saturated rings. The molecule has 1 saturated heterocycles. The maximum atomic E-state index is 11.8. The van der Waals surface area contributed by atoms with Crippen molar-refractivity contribution in [1.82, 2.24) is 5.32 Å². The van der Waals surface area contributed by atoms with Crippen LogP contribution in [0.1, 0.15) is 6.42 Å². The molecule has 0 radical (unpaired) electrons. The lowest BCUT2D eigenvalue weighted by Gasteiger charge is -2.12. The van der Waals surface area contributed by atoms with E-state index in [1.54, 1.807) is 18.2 Å². The van der Waals surface area contributed by atoms with Gasteiger partial charge in [-0.15, -0.1) is 0 Å². The molecule has 2 amide bonds. The first kappa shape index (κ1) is 14.6. The summed E-state index contributed by atoms with van der Waals surface area (Å²) >= 11 is 0. The third-order valence-corrected chi connectivity index (χ3v) is 5.07. The van der Waals surface area contributed by atoms with E-state index in [1.165, 1.54) is 7.11 Å². The van der Waals surface area contributed by atoms with Crippen LogP contribution in [0.3, 0.4) is 0 Å². The number of methoxy groups -OCH3 is 1. The van der Waals surface area contributed by atoms with Gasteiger partial charge in [-0.25, -0.2) is 13.2 Å². The number of carbonyl (C=O) groups is 1. The number of amides is 2. The van der Waals surface area contributed by atoms with E-state index in [1.807, 2.05) is 6.07 Å². The number of sulfone groups is 1. The minimum absolute atomic E-state index is 0.00317. The molecule has 1 atom stereocenters. The zero-order chi connectivity index (χ0) is 14.6. The summed E-state index contributed by atoms with van der Waals surface area (Å²) in [4.78, 5) is 11.8. The molecule has 0 saturated carbocycles. The molecule has 20 heavy (non-hydrogen) atoms. The Bertz CT molecular complexity index is 586. The van der Waals surface area contributed by atoms with Crippen LogP contribution < -0.4 is 15.4 Å². The van der Waals surface area contributed by atoms with Crippen LogP contribution in [0.4, 0.5) is 10.5 Å². The van der Waals surface area contributed by atoms with Crippen molar-refractivity contribution in [3.63, 3.8) is 0 Å². The van der Waals surface area contributed by atoms with Crippen molar-refractivity contribution in [1.29, 1.82) is 0 Å². The van der Waals surface area contributed by atoms with Crippen LogP contribution in [0.15, 0.2) is 24.3 Å². The Balaban J connectivity index is 1.84. The highest BCUT2D eigenvalue weighted by Gasteiger charge is 2.27. The van der Waals surface area contributed by atoms with Crippen LogP contribution in [0.25, 0.3) is 0 Å². The smallest absolute Gasteiger partial charge is 0.319 e. The average Bonchev–Trinajstić information content (AvgIpc) is 2.77. The number of rotatable bonds is 4. The number of carbonyl (C=O) groups excluding carboxylic acids is 1. The van der Waals surface area contributed by atoms with Gasteiger partial charge in [0.1, 0.15) is 5.75 Å². The second kappa shape index (κ2) is 6.13. The molecule has 1 aliphatic rings. The summed E-state index contributed by atoms with van der Waals surface area (Å²) < 4.78 is 27.8. The lowest BCUT2D eigenvalue weighted by atomic mass is 10.1. The Morgan fingerprint density at radius 1 is 1.40 bits per heavy atom. The van der Waals surface area contributed by atoms with Gasteiger partial charge in [-0.05, 0) is 24.5 Å². The van der Waals surface area contributed by atoms with E-state index in [0.717, 1.165) is 0 Å². The summed E-state index contributed by atoms with van der Waals surface area (Å²) in [7, 11) is -1.38. The van der Waals surface area contributed by atoms with E-state index >= 15 is 0 Å². The molecule has 0 spiro atoms. The minimum atomic E-state index is -2.90. The largest absolute Gasteiger partial charge is 0.495 e. The Morgan fingerprint density at radius 2 is 2.15 bits per heavy atom. The maximum absolute atomic E-state index is 11.8. The first-order chi connectivity index (χ1) is 9.50. The van der Waals surface area contributed by atoms with Crippen LogP contribution >= 0.6 is 0 Å². The number of hydrogen-bond acceptors (Lipinski definition) is 4. The van der Waals surface area contributed by atoms with Crippen LogP contribution in [0.2, 0.25) is 0 Å². The third-order valence-electron chi connectivity index (χ3n) is 3.23. The van der Waals surface area contributed by atoms with Crippen LogP contribution in [0.5, 0.6) is 5.75 Å². The van der Waals surface area contributed by atoms with E-state index < -0.39 is 9.84 Å². The van der Waals surface area contributed by atoms with Gasteiger partial charge in [-0.3, -0.25) is 0 Å². The SMILES string of the molecule is COc1ccccc1NC(=O)NCC1CCS(=O)(=O)C1. The molecule has 1 aromatic rings.